The van der Waals surface area contributed by atoms with Crippen LogP contribution in [0.3, 0.4) is 0 Å². The lowest BCUT2D eigenvalue weighted by Crippen LogP contribution is -2.16. The van der Waals surface area contributed by atoms with Crippen molar-refractivity contribution < 1.29 is 13.9 Å². The van der Waals surface area contributed by atoms with E-state index in [-0.39, 0.29) is 11.9 Å². The number of hydrogen-bond donors (Lipinski definition) is 1. The molecule has 1 fully saturated rings. The van der Waals surface area contributed by atoms with Crippen molar-refractivity contribution in [3.8, 4) is 5.75 Å². The quantitative estimate of drug-likeness (QED) is 0.773. The van der Waals surface area contributed by atoms with Crippen LogP contribution in [0.5, 0.6) is 5.75 Å². The summed E-state index contributed by atoms with van der Waals surface area (Å²) in [5.41, 5.74) is 1.63. The highest BCUT2D eigenvalue weighted by Gasteiger charge is 2.19. The van der Waals surface area contributed by atoms with Crippen LogP contribution in [-0.2, 0) is 4.74 Å². The molecular weight excluding hydrogens is 329 g/mol. The van der Waals surface area contributed by atoms with Gasteiger partial charge in [-0.25, -0.2) is 14.4 Å². The molecule has 1 aliphatic heterocycles. The van der Waals surface area contributed by atoms with E-state index < -0.39 is 0 Å². The Kier molecular flexibility index (Phi) is 4.03. The molecule has 1 N–H and O–H groups in total. The number of nitrogens with zero attached hydrogens (tertiary/aromatic N) is 2. The molecule has 0 saturated carbocycles. The predicted molar refractivity (Wildman–Crippen MR) is 91.7 cm³/mol. The fourth-order valence-corrected chi connectivity index (χ4v) is 3.62. The third-order valence-electron chi connectivity index (χ3n) is 3.93. The maximum atomic E-state index is 13.7. The first-order valence-corrected chi connectivity index (χ1v) is 8.58. The Bertz CT molecular complexity index is 877. The monoisotopic (exact) mass is 345 g/mol. The van der Waals surface area contributed by atoms with Gasteiger partial charge < -0.3 is 14.8 Å². The number of ether oxygens (including phenoxy) is 2. The van der Waals surface area contributed by atoms with E-state index in [2.05, 4.69) is 15.3 Å². The van der Waals surface area contributed by atoms with Gasteiger partial charge in [0, 0.05) is 12.5 Å². The van der Waals surface area contributed by atoms with E-state index in [9.17, 15) is 4.39 Å². The Labute approximate surface area is 142 Å². The van der Waals surface area contributed by atoms with Crippen molar-refractivity contribution in [2.45, 2.75) is 19.4 Å². The zero-order valence-corrected chi connectivity index (χ0v) is 13.9. The highest BCUT2D eigenvalue weighted by atomic mass is 32.1. The van der Waals surface area contributed by atoms with E-state index in [1.165, 1.54) is 18.5 Å². The van der Waals surface area contributed by atoms with Gasteiger partial charge in [0.15, 0.2) is 0 Å². The number of benzene rings is 1. The molecule has 4 rings (SSSR count). The van der Waals surface area contributed by atoms with Crippen molar-refractivity contribution in [2.75, 3.05) is 18.5 Å². The van der Waals surface area contributed by atoms with Crippen LogP contribution in [0.2, 0.25) is 0 Å². The fourth-order valence-electron chi connectivity index (χ4n) is 2.73. The summed E-state index contributed by atoms with van der Waals surface area (Å²) in [6.07, 6.45) is 2.33. The normalized spacial score (nSPS) is 17.3. The highest BCUT2D eigenvalue weighted by Crippen LogP contribution is 2.34. The maximum absolute atomic E-state index is 13.7. The lowest BCUT2D eigenvalue weighted by atomic mass is 10.2. The van der Waals surface area contributed by atoms with Crippen LogP contribution in [0.4, 0.5) is 15.9 Å². The van der Waals surface area contributed by atoms with Gasteiger partial charge >= 0.3 is 0 Å². The number of thiophene rings is 1. The molecule has 7 heteroatoms. The van der Waals surface area contributed by atoms with Crippen molar-refractivity contribution in [1.29, 1.82) is 0 Å². The Hall–Kier alpha value is -2.25. The van der Waals surface area contributed by atoms with Gasteiger partial charge in [-0.2, -0.15) is 0 Å². The third kappa shape index (κ3) is 2.92. The number of aromatic nitrogens is 2. The number of anilines is 2. The Morgan fingerprint density at radius 3 is 3.12 bits per heavy atom. The van der Waals surface area contributed by atoms with Crippen LogP contribution < -0.4 is 10.1 Å². The minimum atomic E-state index is -0.333. The second kappa shape index (κ2) is 6.33. The van der Waals surface area contributed by atoms with Crippen LogP contribution in [0.1, 0.15) is 12.0 Å². The van der Waals surface area contributed by atoms with E-state index >= 15 is 0 Å². The number of halogens is 1. The van der Waals surface area contributed by atoms with Crippen LogP contribution >= 0.6 is 11.3 Å². The zero-order chi connectivity index (χ0) is 16.5. The highest BCUT2D eigenvalue weighted by molar-refractivity contribution is 7.17. The molecule has 0 aliphatic carbocycles. The summed E-state index contributed by atoms with van der Waals surface area (Å²) in [6.45, 7) is 3.25. The molecule has 3 aromatic rings. The van der Waals surface area contributed by atoms with Gasteiger partial charge in [0.1, 0.15) is 34.6 Å². The minimum Gasteiger partial charge on any atom is -0.486 e. The average molecular weight is 345 g/mol. The Balaban J connectivity index is 1.70. The Morgan fingerprint density at radius 1 is 1.38 bits per heavy atom. The standard InChI is InChI=1S/C17H16FN3O2S/c1-10-8-24-17-15(10)16(19-9-20-17)21-13-6-11(18)2-3-14(13)23-12-4-5-22-7-12/h2-3,6,8-9,12H,4-5,7H2,1H3,(H,19,20,21). The Morgan fingerprint density at radius 2 is 2.29 bits per heavy atom. The first kappa shape index (κ1) is 15.3. The lowest BCUT2D eigenvalue weighted by molar-refractivity contribution is 0.142. The van der Waals surface area contributed by atoms with E-state index in [1.54, 1.807) is 17.4 Å². The van der Waals surface area contributed by atoms with E-state index in [1.807, 2.05) is 12.3 Å². The van der Waals surface area contributed by atoms with Crippen molar-refractivity contribution in [1.82, 2.24) is 9.97 Å². The molecular formula is C17H16FN3O2S. The van der Waals surface area contributed by atoms with Gasteiger partial charge in [-0.05, 0) is 30.0 Å². The molecule has 1 unspecified atom stereocenters. The molecule has 3 heterocycles. The summed E-state index contributed by atoms with van der Waals surface area (Å²) in [4.78, 5) is 9.49. The molecule has 0 bridgehead atoms. The molecule has 124 valence electrons. The van der Waals surface area contributed by atoms with Crippen LogP contribution in [-0.4, -0.2) is 29.3 Å². The van der Waals surface area contributed by atoms with Crippen molar-refractivity contribution in [3.63, 3.8) is 0 Å². The van der Waals surface area contributed by atoms with Gasteiger partial charge in [-0.15, -0.1) is 11.3 Å². The summed E-state index contributed by atoms with van der Waals surface area (Å²) < 4.78 is 25.0. The van der Waals surface area contributed by atoms with Crippen molar-refractivity contribution in [3.05, 3.63) is 41.3 Å². The smallest absolute Gasteiger partial charge is 0.143 e. The third-order valence-corrected chi connectivity index (χ3v) is 4.93. The topological polar surface area (TPSA) is 56.3 Å². The van der Waals surface area contributed by atoms with E-state index in [0.29, 0.717) is 30.5 Å². The van der Waals surface area contributed by atoms with Crippen LogP contribution in [0.25, 0.3) is 10.2 Å². The second-order valence-electron chi connectivity index (χ2n) is 5.69. The summed E-state index contributed by atoms with van der Waals surface area (Å²) in [5.74, 6) is 0.906. The molecule has 0 radical (unpaired) electrons. The molecule has 1 saturated heterocycles. The first-order chi connectivity index (χ1) is 11.7. The van der Waals surface area contributed by atoms with Crippen LogP contribution in [0, 0.1) is 12.7 Å². The largest absolute Gasteiger partial charge is 0.486 e. The van der Waals surface area contributed by atoms with Gasteiger partial charge in [0.05, 0.1) is 24.3 Å². The maximum Gasteiger partial charge on any atom is 0.143 e. The predicted octanol–water partition coefficient (Wildman–Crippen LogP) is 4.05. The summed E-state index contributed by atoms with van der Waals surface area (Å²) in [7, 11) is 0. The van der Waals surface area contributed by atoms with Gasteiger partial charge in [0.2, 0.25) is 0 Å². The van der Waals surface area contributed by atoms with Gasteiger partial charge in [-0.3, -0.25) is 0 Å². The fraction of sp³-hybridized carbons (Fsp3) is 0.294. The molecule has 1 atom stereocenters. The van der Waals surface area contributed by atoms with Crippen molar-refractivity contribution in [2.24, 2.45) is 0 Å². The molecule has 2 aromatic heterocycles. The summed E-state index contributed by atoms with van der Waals surface area (Å²) in [5, 5.41) is 6.18. The molecule has 1 aliphatic rings. The van der Waals surface area contributed by atoms with Crippen LogP contribution in [0.15, 0.2) is 29.9 Å². The molecule has 1 aromatic carbocycles. The SMILES string of the molecule is Cc1csc2ncnc(Nc3cc(F)ccc3OC3CCOC3)c12. The minimum absolute atomic E-state index is 0.00990. The average Bonchev–Trinajstić information content (AvgIpc) is 3.21. The number of hydrogen-bond acceptors (Lipinski definition) is 6. The molecule has 5 nitrogen and oxygen atoms in total. The van der Waals surface area contributed by atoms with Gasteiger partial charge in [-0.1, -0.05) is 0 Å². The summed E-state index contributed by atoms with van der Waals surface area (Å²) >= 11 is 1.56. The van der Waals surface area contributed by atoms with E-state index in [4.69, 9.17) is 9.47 Å². The molecule has 0 amide bonds. The van der Waals surface area contributed by atoms with Crippen molar-refractivity contribution >= 4 is 33.1 Å². The van der Waals surface area contributed by atoms with Gasteiger partial charge in [0.25, 0.3) is 0 Å². The first-order valence-electron chi connectivity index (χ1n) is 7.70. The molecule has 0 spiro atoms. The second-order valence-corrected chi connectivity index (χ2v) is 6.55. The lowest BCUT2D eigenvalue weighted by Gasteiger charge is -2.17. The zero-order valence-electron chi connectivity index (χ0n) is 13.1. The number of rotatable bonds is 4. The number of aryl methyl sites for hydroxylation is 1. The molecule has 24 heavy (non-hydrogen) atoms. The summed E-state index contributed by atoms with van der Waals surface area (Å²) in [6, 6.07) is 4.44. The number of fused-ring (bicyclic) bond motifs is 1. The van der Waals surface area contributed by atoms with E-state index in [0.717, 1.165) is 22.2 Å². The number of nitrogens with one attached hydrogen (secondary N) is 1.